The van der Waals surface area contributed by atoms with Crippen LogP contribution in [0.15, 0.2) is 83.0 Å². The Balaban J connectivity index is 1.93. The Kier molecular flexibility index (Phi) is 7.49. The maximum atomic E-state index is 13.9. The Morgan fingerprint density at radius 2 is 1.61 bits per heavy atom. The van der Waals surface area contributed by atoms with Gasteiger partial charge in [-0.3, -0.25) is 9.59 Å². The number of benzene rings is 3. The fourth-order valence-electron chi connectivity index (χ4n) is 2.68. The van der Waals surface area contributed by atoms with E-state index in [1.807, 2.05) is 0 Å². The SMILES string of the molecule is O=C(Nc1ccccc1OC(F)(F)F)/C(=C/c1ccc(Br)c(F)c1)NC(=O)c1ccccc1. The Labute approximate surface area is 194 Å². The molecular weight excluding hydrogens is 508 g/mol. The van der Waals surface area contributed by atoms with E-state index in [2.05, 4.69) is 31.3 Å². The number of ether oxygens (including phenoxy) is 1. The van der Waals surface area contributed by atoms with Gasteiger partial charge in [0.05, 0.1) is 10.2 Å². The zero-order chi connectivity index (χ0) is 24.0. The lowest BCUT2D eigenvalue weighted by atomic mass is 10.1. The summed E-state index contributed by atoms with van der Waals surface area (Å²) in [6, 6.07) is 16.9. The number of halogens is 5. The Bertz CT molecular complexity index is 1200. The van der Waals surface area contributed by atoms with Gasteiger partial charge in [-0.15, -0.1) is 13.2 Å². The zero-order valence-corrected chi connectivity index (χ0v) is 18.2. The van der Waals surface area contributed by atoms with Crippen LogP contribution in [0.4, 0.5) is 23.2 Å². The topological polar surface area (TPSA) is 67.4 Å². The molecule has 0 spiro atoms. The molecule has 0 aromatic heterocycles. The van der Waals surface area contributed by atoms with Crippen molar-refractivity contribution in [1.29, 1.82) is 0 Å². The van der Waals surface area contributed by atoms with Crippen molar-refractivity contribution in [3.05, 3.63) is 99.9 Å². The molecule has 0 radical (unpaired) electrons. The third-order valence-electron chi connectivity index (χ3n) is 4.14. The van der Waals surface area contributed by atoms with Crippen molar-refractivity contribution < 1.29 is 31.9 Å². The largest absolute Gasteiger partial charge is 0.573 e. The first-order valence-electron chi connectivity index (χ1n) is 9.31. The number of hydrogen-bond donors (Lipinski definition) is 2. The zero-order valence-electron chi connectivity index (χ0n) is 16.6. The van der Waals surface area contributed by atoms with Crippen LogP contribution in [0, 0.1) is 5.82 Å². The molecule has 0 heterocycles. The molecule has 0 saturated carbocycles. The van der Waals surface area contributed by atoms with Crippen LogP contribution in [0.25, 0.3) is 6.08 Å². The van der Waals surface area contributed by atoms with Crippen molar-refractivity contribution in [1.82, 2.24) is 5.32 Å². The lowest BCUT2D eigenvalue weighted by Gasteiger charge is -2.15. The van der Waals surface area contributed by atoms with Gasteiger partial charge in [-0.1, -0.05) is 36.4 Å². The predicted octanol–water partition coefficient (Wildman–Crippen LogP) is 5.90. The molecule has 3 aromatic carbocycles. The Hall–Kier alpha value is -3.66. The number of hydrogen-bond acceptors (Lipinski definition) is 3. The molecule has 0 fully saturated rings. The minimum atomic E-state index is -4.98. The summed E-state index contributed by atoms with van der Waals surface area (Å²) >= 11 is 3.02. The summed E-state index contributed by atoms with van der Waals surface area (Å²) in [5, 5.41) is 4.70. The highest BCUT2D eigenvalue weighted by molar-refractivity contribution is 9.10. The first-order chi connectivity index (χ1) is 15.6. The second kappa shape index (κ2) is 10.3. The number of carbonyl (C=O) groups excluding carboxylic acids is 2. The van der Waals surface area contributed by atoms with Gasteiger partial charge < -0.3 is 15.4 Å². The maximum absolute atomic E-state index is 13.9. The normalized spacial score (nSPS) is 11.6. The summed E-state index contributed by atoms with van der Waals surface area (Å²) in [5.74, 6) is -2.83. The Morgan fingerprint density at radius 3 is 2.27 bits per heavy atom. The van der Waals surface area contributed by atoms with E-state index in [4.69, 9.17) is 0 Å². The molecule has 0 unspecified atom stereocenters. The first-order valence-corrected chi connectivity index (χ1v) is 10.1. The monoisotopic (exact) mass is 522 g/mol. The average Bonchev–Trinajstić information content (AvgIpc) is 2.76. The summed E-state index contributed by atoms with van der Waals surface area (Å²) in [6.45, 7) is 0. The van der Waals surface area contributed by atoms with Crippen LogP contribution in [-0.2, 0) is 4.79 Å². The summed E-state index contributed by atoms with van der Waals surface area (Å²) < 4.78 is 56.1. The van der Waals surface area contributed by atoms with Gasteiger partial charge in [-0.25, -0.2) is 4.39 Å². The van der Waals surface area contributed by atoms with Crippen molar-refractivity contribution in [2.75, 3.05) is 5.32 Å². The first kappa shape index (κ1) is 24.0. The van der Waals surface area contributed by atoms with Crippen molar-refractivity contribution >= 4 is 39.5 Å². The van der Waals surface area contributed by atoms with Gasteiger partial charge in [0, 0.05) is 5.56 Å². The highest BCUT2D eigenvalue weighted by atomic mass is 79.9. The van der Waals surface area contributed by atoms with Crippen LogP contribution in [0.2, 0.25) is 0 Å². The highest BCUT2D eigenvalue weighted by Gasteiger charge is 2.32. The lowest BCUT2D eigenvalue weighted by Crippen LogP contribution is -2.31. The molecule has 10 heteroatoms. The lowest BCUT2D eigenvalue weighted by molar-refractivity contribution is -0.274. The molecule has 0 bridgehead atoms. The molecule has 0 aliphatic rings. The molecule has 0 saturated heterocycles. The van der Waals surface area contributed by atoms with E-state index in [0.29, 0.717) is 0 Å². The number of anilines is 1. The van der Waals surface area contributed by atoms with Crippen LogP contribution in [0.5, 0.6) is 5.75 Å². The molecule has 0 atom stereocenters. The molecule has 5 nitrogen and oxygen atoms in total. The van der Waals surface area contributed by atoms with Crippen molar-refractivity contribution in [2.45, 2.75) is 6.36 Å². The third-order valence-corrected chi connectivity index (χ3v) is 4.79. The molecule has 3 rings (SSSR count). The predicted molar refractivity (Wildman–Crippen MR) is 118 cm³/mol. The number of alkyl halides is 3. The van der Waals surface area contributed by atoms with Crippen molar-refractivity contribution in [3.8, 4) is 5.75 Å². The molecule has 3 aromatic rings. The number of carbonyl (C=O) groups is 2. The van der Waals surface area contributed by atoms with Gasteiger partial charge in [0.25, 0.3) is 11.8 Å². The van der Waals surface area contributed by atoms with Crippen molar-refractivity contribution in [2.24, 2.45) is 0 Å². The number of nitrogens with one attached hydrogen (secondary N) is 2. The molecule has 33 heavy (non-hydrogen) atoms. The van der Waals surface area contributed by atoms with Crippen LogP contribution in [0.3, 0.4) is 0 Å². The molecular formula is C23H15BrF4N2O3. The molecule has 2 N–H and O–H groups in total. The van der Waals surface area contributed by atoms with E-state index in [1.165, 1.54) is 48.5 Å². The van der Waals surface area contributed by atoms with E-state index in [1.54, 1.807) is 18.2 Å². The number of para-hydroxylation sites is 2. The molecule has 170 valence electrons. The van der Waals surface area contributed by atoms with Crippen LogP contribution >= 0.6 is 15.9 Å². The van der Waals surface area contributed by atoms with Gasteiger partial charge in [0.1, 0.15) is 11.5 Å². The van der Waals surface area contributed by atoms with Gasteiger partial charge >= 0.3 is 6.36 Å². The number of rotatable bonds is 6. The van der Waals surface area contributed by atoms with Crippen molar-refractivity contribution in [3.63, 3.8) is 0 Å². The molecule has 0 aliphatic heterocycles. The van der Waals surface area contributed by atoms with Gasteiger partial charge in [-0.05, 0) is 64.0 Å². The van der Waals surface area contributed by atoms with Gasteiger partial charge in [-0.2, -0.15) is 0 Å². The quantitative estimate of drug-likeness (QED) is 0.313. The van der Waals surface area contributed by atoms with E-state index in [9.17, 15) is 27.2 Å². The fraction of sp³-hybridized carbons (Fsp3) is 0.0435. The second-order valence-electron chi connectivity index (χ2n) is 6.55. The van der Waals surface area contributed by atoms with Gasteiger partial charge in [0.15, 0.2) is 5.75 Å². The van der Waals surface area contributed by atoms with E-state index < -0.39 is 29.7 Å². The van der Waals surface area contributed by atoms with Crippen LogP contribution < -0.4 is 15.4 Å². The van der Waals surface area contributed by atoms with E-state index >= 15 is 0 Å². The summed E-state index contributed by atoms with van der Waals surface area (Å²) in [5.41, 5.74) is -0.137. The minimum absolute atomic E-state index is 0.192. The van der Waals surface area contributed by atoms with E-state index in [0.717, 1.165) is 12.1 Å². The smallest absolute Gasteiger partial charge is 0.404 e. The van der Waals surface area contributed by atoms with Crippen LogP contribution in [-0.4, -0.2) is 18.2 Å². The van der Waals surface area contributed by atoms with Gasteiger partial charge in [0.2, 0.25) is 0 Å². The second-order valence-corrected chi connectivity index (χ2v) is 7.40. The minimum Gasteiger partial charge on any atom is -0.404 e. The average molecular weight is 523 g/mol. The number of amides is 2. The fourth-order valence-corrected chi connectivity index (χ4v) is 2.93. The van der Waals surface area contributed by atoms with Crippen LogP contribution in [0.1, 0.15) is 15.9 Å². The molecule has 2 amide bonds. The third kappa shape index (κ3) is 6.91. The summed E-state index contributed by atoms with van der Waals surface area (Å²) in [6.07, 6.45) is -3.78. The van der Waals surface area contributed by atoms with E-state index in [-0.39, 0.29) is 27.0 Å². The molecule has 0 aliphatic carbocycles. The standard InChI is InChI=1S/C23H15BrF4N2O3/c24-16-11-10-14(12-17(16)25)13-19(30-21(31)15-6-2-1-3-7-15)22(32)29-18-8-4-5-9-20(18)33-23(26,27)28/h1-13H,(H,29,32)(H,30,31)/b19-13-. The Morgan fingerprint density at radius 1 is 0.939 bits per heavy atom. The highest BCUT2D eigenvalue weighted by Crippen LogP contribution is 2.30. The maximum Gasteiger partial charge on any atom is 0.573 e. The summed E-state index contributed by atoms with van der Waals surface area (Å²) in [4.78, 5) is 25.5. The summed E-state index contributed by atoms with van der Waals surface area (Å²) in [7, 11) is 0.